The van der Waals surface area contributed by atoms with Crippen molar-refractivity contribution >= 4 is 41.5 Å². The van der Waals surface area contributed by atoms with Crippen LogP contribution in [0.15, 0.2) is 30.3 Å². The van der Waals surface area contributed by atoms with E-state index in [0.29, 0.717) is 37.8 Å². The third-order valence-electron chi connectivity index (χ3n) is 13.8. The van der Waals surface area contributed by atoms with E-state index in [9.17, 15) is 43.8 Å². The van der Waals surface area contributed by atoms with Crippen LogP contribution in [-0.2, 0) is 57.2 Å². The molecule has 0 saturated carbocycles. The summed E-state index contributed by atoms with van der Waals surface area (Å²) in [5.41, 5.74) is 0.596. The van der Waals surface area contributed by atoms with Crippen LogP contribution < -0.4 is 16.0 Å². The average molecular weight is 1040 g/mol. The van der Waals surface area contributed by atoms with Crippen LogP contribution in [0.1, 0.15) is 125 Å². The Bertz CT molecular complexity index is 1860. The lowest BCUT2D eigenvalue weighted by atomic mass is 9.89. The van der Waals surface area contributed by atoms with Crippen molar-refractivity contribution in [3.63, 3.8) is 0 Å². The van der Waals surface area contributed by atoms with Gasteiger partial charge in [-0.05, 0) is 70.0 Å². The Morgan fingerprint density at radius 3 is 2.04 bits per heavy atom. The van der Waals surface area contributed by atoms with Gasteiger partial charge >= 0.3 is 11.9 Å². The number of nitrogens with zero attached hydrogens (tertiary/aromatic N) is 3. The molecular formula is C53H90N6O14. The molecule has 1 heterocycles. The lowest BCUT2D eigenvalue weighted by Gasteiger charge is -2.41. The number of nitrogens with one attached hydrogen (secondary N) is 3. The number of benzene rings is 1. The van der Waals surface area contributed by atoms with Gasteiger partial charge in [0.05, 0.1) is 61.4 Å². The SMILES string of the molecule is CCC(CO)OC(O)COC(=O)CCCC(=O)NCC(=O)OC(c1ccccc1)[C@@H](C)NC(=O)[C@H](C)[C@@H](OC)[C@@H]1CCCN1C(=O)C[C@@H](OC)[C@H]([C@@H](C)CC)N(C)C(=O)C(NC(=O)[C@H](C(C)C)N(C)C)C(C)C. The highest BCUT2D eigenvalue weighted by Crippen LogP contribution is 2.30. The minimum Gasteiger partial charge on any atom is -0.460 e. The van der Waals surface area contributed by atoms with Crippen molar-refractivity contribution in [1.82, 2.24) is 30.7 Å². The van der Waals surface area contributed by atoms with Gasteiger partial charge in [-0.15, -0.1) is 0 Å². The highest BCUT2D eigenvalue weighted by molar-refractivity contribution is 5.90. The van der Waals surface area contributed by atoms with Gasteiger partial charge in [-0.1, -0.05) is 92.1 Å². The highest BCUT2D eigenvalue weighted by atomic mass is 16.6. The third kappa shape index (κ3) is 20.1. The van der Waals surface area contributed by atoms with Crippen molar-refractivity contribution < 1.29 is 67.5 Å². The number of rotatable bonds is 33. The van der Waals surface area contributed by atoms with E-state index in [4.69, 9.17) is 23.7 Å². The van der Waals surface area contributed by atoms with Crippen molar-refractivity contribution in [1.29, 1.82) is 0 Å². The van der Waals surface area contributed by atoms with Crippen LogP contribution in [0.2, 0.25) is 0 Å². The molecule has 4 unspecified atom stereocenters. The molecule has 5 N–H and O–H groups in total. The lowest BCUT2D eigenvalue weighted by molar-refractivity contribution is -0.183. The van der Waals surface area contributed by atoms with Crippen LogP contribution in [0.25, 0.3) is 0 Å². The number of amides is 5. The predicted molar refractivity (Wildman–Crippen MR) is 274 cm³/mol. The predicted octanol–water partition coefficient (Wildman–Crippen LogP) is 3.36. The molecule has 20 nitrogen and oxygen atoms in total. The Morgan fingerprint density at radius 2 is 1.49 bits per heavy atom. The van der Waals surface area contributed by atoms with E-state index in [1.807, 2.05) is 60.5 Å². The van der Waals surface area contributed by atoms with E-state index in [1.165, 1.54) is 14.2 Å². The second-order valence-electron chi connectivity index (χ2n) is 20.2. The molecule has 416 valence electrons. The fourth-order valence-corrected chi connectivity index (χ4v) is 9.55. The molecule has 1 aromatic rings. The molecular weight excluding hydrogens is 945 g/mol. The zero-order valence-electron chi connectivity index (χ0n) is 46.1. The summed E-state index contributed by atoms with van der Waals surface area (Å²) < 4.78 is 28.1. The number of hydrogen-bond donors (Lipinski definition) is 5. The molecule has 73 heavy (non-hydrogen) atoms. The number of carbonyl (C=O) groups excluding carboxylic acids is 7. The molecule has 5 amide bonds. The molecule has 1 aliphatic rings. The van der Waals surface area contributed by atoms with Crippen molar-refractivity contribution in [2.24, 2.45) is 23.7 Å². The number of aliphatic hydroxyl groups excluding tert-OH is 2. The first-order valence-corrected chi connectivity index (χ1v) is 26.0. The van der Waals surface area contributed by atoms with E-state index in [2.05, 4.69) is 16.0 Å². The lowest BCUT2D eigenvalue weighted by Crippen LogP contribution is -2.59. The first-order chi connectivity index (χ1) is 34.5. The number of carbonyl (C=O) groups is 7. The fourth-order valence-electron chi connectivity index (χ4n) is 9.55. The maximum Gasteiger partial charge on any atom is 0.326 e. The minimum absolute atomic E-state index is 0.00866. The number of aliphatic hydroxyl groups is 2. The topological polar surface area (TPSA) is 252 Å². The summed E-state index contributed by atoms with van der Waals surface area (Å²) in [4.78, 5) is 99.6. The van der Waals surface area contributed by atoms with E-state index < -0.39 is 104 Å². The van der Waals surface area contributed by atoms with Gasteiger partial charge in [-0.3, -0.25) is 38.5 Å². The van der Waals surface area contributed by atoms with Crippen LogP contribution in [0.5, 0.6) is 0 Å². The molecule has 0 bridgehead atoms. The number of methoxy groups -OCH3 is 2. The van der Waals surface area contributed by atoms with Gasteiger partial charge in [0.1, 0.15) is 25.3 Å². The summed E-state index contributed by atoms with van der Waals surface area (Å²) in [6, 6.07) is 5.86. The van der Waals surface area contributed by atoms with E-state index in [1.54, 1.807) is 68.0 Å². The van der Waals surface area contributed by atoms with Crippen molar-refractivity contribution in [2.45, 2.75) is 175 Å². The Balaban J connectivity index is 2.14. The van der Waals surface area contributed by atoms with Gasteiger partial charge in [-0.25, -0.2) is 0 Å². The molecule has 1 fully saturated rings. The van der Waals surface area contributed by atoms with E-state index in [-0.39, 0.29) is 67.8 Å². The maximum atomic E-state index is 14.4. The standard InChI is InChI=1S/C53H90N6O14/c1-15-34(7)48(58(12)53(68)46(32(3)4)56-52(67)47(33(5)6)57(10)11)40(69-13)28-42(62)59-27-21-24-39(59)49(70-14)35(8)51(66)55-36(9)50(37-22-18-17-19-23-37)73-44(64)29-54-41(61)25-20-26-43(63)71-31-45(65)72-38(16-2)30-60/h17-19,22-23,32-36,38-40,45-50,60,65H,15-16,20-21,24-31H2,1-14H3,(H,54,61)(H,55,66)(H,56,67)/t34-,35+,36+,38?,39-,40+,45?,46?,47-,48-,49+,50?/m0/s1. The van der Waals surface area contributed by atoms with Crippen LogP contribution >= 0.6 is 0 Å². The molecule has 2 rings (SSSR count). The average Bonchev–Trinajstić information content (AvgIpc) is 3.84. The first kappa shape index (κ1) is 64.4. The normalized spacial score (nSPS) is 18.3. The zero-order chi connectivity index (χ0) is 55.1. The molecule has 0 radical (unpaired) electrons. The highest BCUT2D eigenvalue weighted by Gasteiger charge is 2.43. The number of likely N-dealkylation sites (tertiary alicyclic amines) is 1. The summed E-state index contributed by atoms with van der Waals surface area (Å²) in [5.74, 6) is -4.11. The Morgan fingerprint density at radius 1 is 0.836 bits per heavy atom. The van der Waals surface area contributed by atoms with Crippen LogP contribution in [0.4, 0.5) is 0 Å². The van der Waals surface area contributed by atoms with Crippen LogP contribution in [-0.4, -0.2) is 183 Å². The fraction of sp³-hybridized carbons (Fsp3) is 0.755. The molecule has 1 aromatic carbocycles. The Labute approximate surface area is 434 Å². The van der Waals surface area contributed by atoms with Gasteiger partial charge < -0.3 is 59.6 Å². The van der Waals surface area contributed by atoms with Crippen LogP contribution in [0, 0.1) is 23.7 Å². The van der Waals surface area contributed by atoms with Gasteiger partial charge in [0.25, 0.3) is 0 Å². The Hall–Kier alpha value is -4.73. The smallest absolute Gasteiger partial charge is 0.326 e. The first-order valence-electron chi connectivity index (χ1n) is 26.0. The number of esters is 2. The van der Waals surface area contributed by atoms with Gasteiger partial charge in [-0.2, -0.15) is 0 Å². The molecule has 12 atom stereocenters. The summed E-state index contributed by atoms with van der Waals surface area (Å²) in [6.07, 6.45) is -2.12. The third-order valence-corrected chi connectivity index (χ3v) is 13.8. The largest absolute Gasteiger partial charge is 0.460 e. The molecule has 0 aliphatic carbocycles. The second-order valence-corrected chi connectivity index (χ2v) is 20.2. The zero-order valence-corrected chi connectivity index (χ0v) is 46.1. The van der Waals surface area contributed by atoms with Crippen LogP contribution in [0.3, 0.4) is 0 Å². The monoisotopic (exact) mass is 1030 g/mol. The van der Waals surface area contributed by atoms with E-state index >= 15 is 0 Å². The second kappa shape index (κ2) is 32.5. The minimum atomic E-state index is -1.40. The number of ether oxygens (including phenoxy) is 5. The summed E-state index contributed by atoms with van der Waals surface area (Å²) in [5, 5.41) is 27.6. The van der Waals surface area contributed by atoms with E-state index in [0.717, 1.165) is 0 Å². The molecule has 1 aliphatic heterocycles. The quantitative estimate of drug-likeness (QED) is 0.0500. The Kier molecular flexibility index (Phi) is 28.7. The number of hydrogen-bond acceptors (Lipinski definition) is 15. The van der Waals surface area contributed by atoms with Gasteiger partial charge in [0.15, 0.2) is 6.29 Å². The van der Waals surface area contributed by atoms with Crippen molar-refractivity contribution in [3.8, 4) is 0 Å². The van der Waals surface area contributed by atoms with Gasteiger partial charge in [0, 0.05) is 40.7 Å². The summed E-state index contributed by atoms with van der Waals surface area (Å²) in [7, 11) is 8.41. The van der Waals surface area contributed by atoms with Crippen molar-refractivity contribution in [2.75, 3.05) is 61.7 Å². The molecule has 20 heteroatoms. The molecule has 0 aromatic heterocycles. The van der Waals surface area contributed by atoms with Gasteiger partial charge in [0.2, 0.25) is 29.5 Å². The van der Waals surface area contributed by atoms with Crippen molar-refractivity contribution in [3.05, 3.63) is 35.9 Å². The summed E-state index contributed by atoms with van der Waals surface area (Å²) >= 11 is 0. The summed E-state index contributed by atoms with van der Waals surface area (Å²) in [6.45, 7) is 16.2. The number of likely N-dealkylation sites (N-methyl/N-ethyl adjacent to an activating group) is 2. The molecule has 1 saturated heterocycles. The molecule has 0 spiro atoms. The maximum absolute atomic E-state index is 14.4.